The average Bonchev–Trinajstić information content (AvgIpc) is 2.85. The van der Waals surface area contributed by atoms with Gasteiger partial charge in [-0.1, -0.05) is 19.9 Å². The molecule has 0 saturated heterocycles. The fraction of sp³-hybridized carbons (Fsp3) is 0.500. The number of aliphatic hydroxyl groups is 1. The Morgan fingerprint density at radius 2 is 2.15 bits per heavy atom. The van der Waals surface area contributed by atoms with Gasteiger partial charge in [-0.25, -0.2) is 14.6 Å². The number of methoxy groups -OCH3 is 1. The third-order valence-corrected chi connectivity index (χ3v) is 2.91. The molecular weight excluding hydrogens is 256 g/mol. The Morgan fingerprint density at radius 3 is 2.85 bits per heavy atom. The Hall–Kier alpha value is -1.95. The van der Waals surface area contributed by atoms with Crippen LogP contribution in [0.25, 0.3) is 0 Å². The summed E-state index contributed by atoms with van der Waals surface area (Å²) in [6, 6.07) is 5.33. The Morgan fingerprint density at radius 1 is 1.35 bits per heavy atom. The highest BCUT2D eigenvalue weighted by molar-refractivity contribution is 5.17. The second-order valence-corrected chi connectivity index (χ2v) is 5.08. The molecule has 2 heterocycles. The van der Waals surface area contributed by atoms with Crippen LogP contribution in [-0.4, -0.2) is 32.0 Å². The summed E-state index contributed by atoms with van der Waals surface area (Å²) in [5, 5.41) is 14.5. The van der Waals surface area contributed by atoms with Gasteiger partial charge in [-0.3, -0.25) is 0 Å². The van der Waals surface area contributed by atoms with E-state index >= 15 is 0 Å². The number of pyridine rings is 1. The molecule has 1 unspecified atom stereocenters. The summed E-state index contributed by atoms with van der Waals surface area (Å²) < 4.78 is 6.89. The molecule has 6 heteroatoms. The lowest BCUT2D eigenvalue weighted by Crippen LogP contribution is -2.14. The number of rotatable bonds is 6. The van der Waals surface area contributed by atoms with Crippen LogP contribution in [0.5, 0.6) is 5.88 Å². The predicted octanol–water partition coefficient (Wildman–Crippen LogP) is 1.61. The minimum absolute atomic E-state index is 0.382. The number of aromatic nitrogens is 4. The van der Waals surface area contributed by atoms with E-state index in [0.29, 0.717) is 23.9 Å². The van der Waals surface area contributed by atoms with Gasteiger partial charge in [0.15, 0.2) is 0 Å². The van der Waals surface area contributed by atoms with Crippen LogP contribution in [0.2, 0.25) is 0 Å². The third-order valence-electron chi connectivity index (χ3n) is 2.91. The van der Waals surface area contributed by atoms with E-state index in [1.54, 1.807) is 19.2 Å². The maximum absolute atomic E-state index is 10.3. The van der Waals surface area contributed by atoms with Gasteiger partial charge in [0.25, 0.3) is 0 Å². The maximum atomic E-state index is 10.3. The van der Waals surface area contributed by atoms with Gasteiger partial charge >= 0.3 is 0 Å². The van der Waals surface area contributed by atoms with Crippen molar-refractivity contribution < 1.29 is 9.84 Å². The fourth-order valence-electron chi connectivity index (χ4n) is 1.95. The highest BCUT2D eigenvalue weighted by atomic mass is 16.5. The first kappa shape index (κ1) is 14.5. The smallest absolute Gasteiger partial charge is 0.213 e. The molecule has 20 heavy (non-hydrogen) atoms. The Kier molecular flexibility index (Phi) is 4.68. The summed E-state index contributed by atoms with van der Waals surface area (Å²) in [5.74, 6) is 1.73. The Labute approximate surface area is 118 Å². The van der Waals surface area contributed by atoms with Gasteiger partial charge in [-0.05, 0) is 12.0 Å². The molecular formula is C14H20N4O2. The zero-order valence-corrected chi connectivity index (χ0v) is 12.0. The Balaban J connectivity index is 2.11. The lowest BCUT2D eigenvalue weighted by atomic mass is 10.1. The van der Waals surface area contributed by atoms with E-state index in [4.69, 9.17) is 4.74 Å². The Bertz CT molecular complexity index is 554. The van der Waals surface area contributed by atoms with E-state index in [2.05, 4.69) is 28.9 Å². The largest absolute Gasteiger partial charge is 0.481 e. The first-order valence-electron chi connectivity index (χ1n) is 6.66. The first-order valence-corrected chi connectivity index (χ1v) is 6.66. The topological polar surface area (TPSA) is 73.1 Å². The normalized spacial score (nSPS) is 12.7. The van der Waals surface area contributed by atoms with Crippen LogP contribution in [0.15, 0.2) is 24.5 Å². The lowest BCUT2D eigenvalue weighted by molar-refractivity contribution is 0.167. The molecule has 0 bridgehead atoms. The summed E-state index contributed by atoms with van der Waals surface area (Å²) in [6.07, 6.45) is 1.18. The SMILES string of the molecule is COc1cccc(C(O)Cc2ncnn2CC(C)C)n1. The molecule has 2 rings (SSSR count). The molecule has 2 aromatic rings. The standard InChI is InChI=1S/C14H20N4O2/c1-10(2)8-18-13(15-9-16-18)7-12(19)11-5-4-6-14(17-11)20-3/h4-6,9-10,12,19H,7-8H2,1-3H3. The quantitative estimate of drug-likeness (QED) is 0.867. The van der Waals surface area contributed by atoms with Crippen molar-refractivity contribution >= 4 is 0 Å². The van der Waals surface area contributed by atoms with Crippen LogP contribution >= 0.6 is 0 Å². The molecule has 0 spiro atoms. The molecule has 1 N–H and O–H groups in total. The highest BCUT2D eigenvalue weighted by Crippen LogP contribution is 2.18. The van der Waals surface area contributed by atoms with Gasteiger partial charge in [0.05, 0.1) is 12.8 Å². The van der Waals surface area contributed by atoms with Gasteiger partial charge in [0.2, 0.25) is 5.88 Å². The van der Waals surface area contributed by atoms with Crippen molar-refractivity contribution in [2.75, 3.05) is 7.11 Å². The zero-order valence-electron chi connectivity index (χ0n) is 12.0. The van der Waals surface area contributed by atoms with Crippen molar-refractivity contribution in [3.05, 3.63) is 36.0 Å². The first-order chi connectivity index (χ1) is 9.60. The number of ether oxygens (including phenoxy) is 1. The molecule has 0 fully saturated rings. The van der Waals surface area contributed by atoms with Gasteiger partial charge in [0, 0.05) is 19.0 Å². The molecule has 2 aromatic heterocycles. The molecule has 6 nitrogen and oxygen atoms in total. The molecule has 108 valence electrons. The number of nitrogens with zero attached hydrogens (tertiary/aromatic N) is 4. The van der Waals surface area contributed by atoms with E-state index < -0.39 is 6.10 Å². The summed E-state index contributed by atoms with van der Waals surface area (Å²) in [4.78, 5) is 8.44. The number of hydrogen-bond donors (Lipinski definition) is 1. The third kappa shape index (κ3) is 3.54. The second-order valence-electron chi connectivity index (χ2n) is 5.08. The van der Waals surface area contributed by atoms with Crippen LogP contribution < -0.4 is 4.74 Å². The molecule has 1 atom stereocenters. The van der Waals surface area contributed by atoms with Gasteiger partial charge in [-0.15, -0.1) is 0 Å². The van der Waals surface area contributed by atoms with Crippen molar-refractivity contribution in [3.63, 3.8) is 0 Å². The van der Waals surface area contributed by atoms with E-state index in [9.17, 15) is 5.11 Å². The molecule has 0 aliphatic heterocycles. The average molecular weight is 276 g/mol. The zero-order chi connectivity index (χ0) is 14.5. The molecule has 0 radical (unpaired) electrons. The second kappa shape index (κ2) is 6.47. The lowest BCUT2D eigenvalue weighted by Gasteiger charge is -2.12. The predicted molar refractivity (Wildman–Crippen MR) is 74.3 cm³/mol. The van der Waals surface area contributed by atoms with E-state index in [0.717, 1.165) is 12.4 Å². The van der Waals surface area contributed by atoms with Crippen molar-refractivity contribution in [1.82, 2.24) is 19.7 Å². The minimum Gasteiger partial charge on any atom is -0.481 e. The molecule has 0 saturated carbocycles. The van der Waals surface area contributed by atoms with Crippen molar-refractivity contribution in [1.29, 1.82) is 0 Å². The van der Waals surface area contributed by atoms with E-state index in [-0.39, 0.29) is 0 Å². The highest BCUT2D eigenvalue weighted by Gasteiger charge is 2.15. The summed E-state index contributed by atoms with van der Waals surface area (Å²) in [7, 11) is 1.55. The van der Waals surface area contributed by atoms with Crippen molar-refractivity contribution in [2.45, 2.75) is 32.9 Å². The molecule has 0 aromatic carbocycles. The van der Waals surface area contributed by atoms with Gasteiger partial charge < -0.3 is 9.84 Å². The number of aliphatic hydroxyl groups excluding tert-OH is 1. The summed E-state index contributed by atoms with van der Waals surface area (Å²) in [6.45, 7) is 5.02. The monoisotopic (exact) mass is 276 g/mol. The summed E-state index contributed by atoms with van der Waals surface area (Å²) in [5.41, 5.74) is 0.573. The summed E-state index contributed by atoms with van der Waals surface area (Å²) >= 11 is 0. The minimum atomic E-state index is -0.722. The molecule has 0 aliphatic carbocycles. The van der Waals surface area contributed by atoms with Crippen LogP contribution in [0, 0.1) is 5.92 Å². The van der Waals surface area contributed by atoms with Crippen LogP contribution in [0.1, 0.15) is 31.5 Å². The van der Waals surface area contributed by atoms with Crippen LogP contribution in [0.3, 0.4) is 0 Å². The van der Waals surface area contributed by atoms with E-state index in [1.807, 2.05) is 10.7 Å². The van der Waals surface area contributed by atoms with Crippen molar-refractivity contribution in [3.8, 4) is 5.88 Å². The van der Waals surface area contributed by atoms with Gasteiger partial charge in [-0.2, -0.15) is 5.10 Å². The van der Waals surface area contributed by atoms with Crippen molar-refractivity contribution in [2.24, 2.45) is 5.92 Å². The molecule has 0 amide bonds. The van der Waals surface area contributed by atoms with Crippen LogP contribution in [-0.2, 0) is 13.0 Å². The van der Waals surface area contributed by atoms with E-state index in [1.165, 1.54) is 6.33 Å². The number of hydrogen-bond acceptors (Lipinski definition) is 5. The van der Waals surface area contributed by atoms with Gasteiger partial charge in [0.1, 0.15) is 18.3 Å². The fourth-order valence-corrected chi connectivity index (χ4v) is 1.95. The van der Waals surface area contributed by atoms with Crippen LogP contribution in [0.4, 0.5) is 0 Å². The molecule has 0 aliphatic rings. The maximum Gasteiger partial charge on any atom is 0.213 e.